The van der Waals surface area contributed by atoms with Crippen molar-refractivity contribution >= 4 is 15.9 Å². The fraction of sp³-hybridized carbons (Fsp3) is 1.00. The van der Waals surface area contributed by atoms with E-state index in [1.54, 1.807) is 0 Å². The molecule has 0 atom stereocenters. The highest BCUT2D eigenvalue weighted by Gasteiger charge is 2.20. The standard InChI is InChI=1S/C10H20BrN/c1-9(2)10-3-6-12(7-4-10)8-5-11/h9-10H,3-8H2,1-2H3. The lowest BCUT2D eigenvalue weighted by molar-refractivity contribution is 0.165. The van der Waals surface area contributed by atoms with Gasteiger partial charge in [-0.25, -0.2) is 0 Å². The topological polar surface area (TPSA) is 3.24 Å². The Morgan fingerprint density at radius 3 is 2.33 bits per heavy atom. The van der Waals surface area contributed by atoms with Crippen LogP contribution in [0.1, 0.15) is 26.7 Å². The molecular formula is C10H20BrN. The predicted molar refractivity (Wildman–Crippen MR) is 57.8 cm³/mol. The Balaban J connectivity index is 2.20. The molecule has 0 aromatic carbocycles. The Labute approximate surface area is 84.6 Å². The fourth-order valence-corrected chi connectivity index (χ4v) is 2.46. The largest absolute Gasteiger partial charge is 0.302 e. The summed E-state index contributed by atoms with van der Waals surface area (Å²) in [5, 5.41) is 1.12. The Hall–Kier alpha value is 0.440. The van der Waals surface area contributed by atoms with E-state index >= 15 is 0 Å². The van der Waals surface area contributed by atoms with Gasteiger partial charge in [-0.05, 0) is 37.8 Å². The number of hydrogen-bond acceptors (Lipinski definition) is 1. The Morgan fingerprint density at radius 1 is 1.33 bits per heavy atom. The number of alkyl halides is 1. The van der Waals surface area contributed by atoms with Crippen molar-refractivity contribution in [3.63, 3.8) is 0 Å². The first-order valence-corrected chi connectivity index (χ1v) is 6.14. The van der Waals surface area contributed by atoms with Crippen LogP contribution in [-0.4, -0.2) is 29.9 Å². The van der Waals surface area contributed by atoms with Crippen molar-refractivity contribution in [1.82, 2.24) is 4.90 Å². The van der Waals surface area contributed by atoms with E-state index in [2.05, 4.69) is 34.7 Å². The molecule has 1 nitrogen and oxygen atoms in total. The Morgan fingerprint density at radius 2 is 1.92 bits per heavy atom. The summed E-state index contributed by atoms with van der Waals surface area (Å²) in [4.78, 5) is 2.56. The molecule has 0 aromatic heterocycles. The lowest BCUT2D eigenvalue weighted by Gasteiger charge is -2.33. The third-order valence-electron chi connectivity index (χ3n) is 2.98. The van der Waals surface area contributed by atoms with Gasteiger partial charge in [0.1, 0.15) is 0 Å². The molecule has 1 heterocycles. The minimum Gasteiger partial charge on any atom is -0.302 e. The number of halogens is 1. The lowest BCUT2D eigenvalue weighted by Crippen LogP contribution is -2.36. The maximum Gasteiger partial charge on any atom is 0.0159 e. The molecule has 0 unspecified atom stereocenters. The first-order valence-electron chi connectivity index (χ1n) is 5.02. The summed E-state index contributed by atoms with van der Waals surface area (Å²) in [5.41, 5.74) is 0. The first kappa shape index (κ1) is 10.5. The summed E-state index contributed by atoms with van der Waals surface area (Å²) >= 11 is 3.49. The average molecular weight is 234 g/mol. The summed E-state index contributed by atoms with van der Waals surface area (Å²) in [6.45, 7) is 8.56. The smallest absolute Gasteiger partial charge is 0.0159 e. The van der Waals surface area contributed by atoms with E-state index in [0.29, 0.717) is 0 Å². The summed E-state index contributed by atoms with van der Waals surface area (Å²) in [7, 11) is 0. The van der Waals surface area contributed by atoms with Crippen molar-refractivity contribution in [2.45, 2.75) is 26.7 Å². The number of likely N-dealkylation sites (tertiary alicyclic amines) is 1. The van der Waals surface area contributed by atoms with E-state index in [-0.39, 0.29) is 0 Å². The van der Waals surface area contributed by atoms with Gasteiger partial charge in [-0.3, -0.25) is 0 Å². The molecular weight excluding hydrogens is 214 g/mol. The minimum absolute atomic E-state index is 0.885. The molecule has 2 heteroatoms. The zero-order valence-electron chi connectivity index (χ0n) is 8.22. The van der Waals surface area contributed by atoms with Crippen LogP contribution < -0.4 is 0 Å². The molecule has 0 radical (unpaired) electrons. The van der Waals surface area contributed by atoms with Crippen LogP contribution in [0.25, 0.3) is 0 Å². The maximum absolute atomic E-state index is 3.49. The molecule has 0 N–H and O–H groups in total. The van der Waals surface area contributed by atoms with Gasteiger partial charge < -0.3 is 4.90 Å². The van der Waals surface area contributed by atoms with Gasteiger partial charge in [0.15, 0.2) is 0 Å². The summed E-state index contributed by atoms with van der Waals surface area (Å²) in [5.74, 6) is 1.87. The highest BCUT2D eigenvalue weighted by molar-refractivity contribution is 9.09. The normalized spacial score (nSPS) is 22.0. The quantitative estimate of drug-likeness (QED) is 0.679. The van der Waals surface area contributed by atoms with E-state index < -0.39 is 0 Å². The number of rotatable bonds is 3. The molecule has 0 saturated carbocycles. The molecule has 1 saturated heterocycles. The van der Waals surface area contributed by atoms with Crippen LogP contribution in [0.5, 0.6) is 0 Å². The fourth-order valence-electron chi connectivity index (χ4n) is 1.96. The van der Waals surface area contributed by atoms with Gasteiger partial charge in [0.2, 0.25) is 0 Å². The molecule has 0 aliphatic carbocycles. The molecule has 1 aliphatic heterocycles. The van der Waals surface area contributed by atoms with Crippen molar-refractivity contribution in [2.24, 2.45) is 11.8 Å². The number of piperidine rings is 1. The van der Waals surface area contributed by atoms with Gasteiger partial charge in [-0.1, -0.05) is 29.8 Å². The van der Waals surface area contributed by atoms with E-state index in [0.717, 1.165) is 17.2 Å². The molecule has 0 bridgehead atoms. The average Bonchev–Trinajstić information content (AvgIpc) is 2.06. The van der Waals surface area contributed by atoms with Crippen LogP contribution in [0.4, 0.5) is 0 Å². The molecule has 1 aliphatic rings. The molecule has 0 amide bonds. The van der Waals surface area contributed by atoms with Crippen molar-refractivity contribution in [1.29, 1.82) is 0 Å². The Kier molecular flexibility index (Phi) is 4.59. The summed E-state index contributed by atoms with van der Waals surface area (Å²) in [6, 6.07) is 0. The number of nitrogens with zero attached hydrogens (tertiary/aromatic N) is 1. The molecule has 1 fully saturated rings. The van der Waals surface area contributed by atoms with Gasteiger partial charge >= 0.3 is 0 Å². The summed E-state index contributed by atoms with van der Waals surface area (Å²) in [6.07, 6.45) is 2.81. The molecule has 0 spiro atoms. The van der Waals surface area contributed by atoms with Gasteiger partial charge in [-0.15, -0.1) is 0 Å². The maximum atomic E-state index is 3.49. The minimum atomic E-state index is 0.885. The highest BCUT2D eigenvalue weighted by atomic mass is 79.9. The van der Waals surface area contributed by atoms with Crippen molar-refractivity contribution in [3.8, 4) is 0 Å². The second-order valence-corrected chi connectivity index (χ2v) is 4.91. The second kappa shape index (κ2) is 5.23. The van der Waals surface area contributed by atoms with Crippen LogP contribution in [-0.2, 0) is 0 Å². The van der Waals surface area contributed by atoms with E-state index in [1.807, 2.05) is 0 Å². The van der Waals surface area contributed by atoms with Crippen LogP contribution in [0.3, 0.4) is 0 Å². The van der Waals surface area contributed by atoms with Crippen LogP contribution in [0.15, 0.2) is 0 Å². The van der Waals surface area contributed by atoms with Crippen molar-refractivity contribution in [2.75, 3.05) is 25.0 Å². The summed E-state index contributed by atoms with van der Waals surface area (Å²) < 4.78 is 0. The van der Waals surface area contributed by atoms with Crippen LogP contribution >= 0.6 is 15.9 Å². The molecule has 12 heavy (non-hydrogen) atoms. The predicted octanol–water partition coefficient (Wildman–Crippen LogP) is 2.75. The molecule has 72 valence electrons. The highest BCUT2D eigenvalue weighted by Crippen LogP contribution is 2.24. The Bertz CT molecular complexity index is 117. The zero-order chi connectivity index (χ0) is 8.97. The SMILES string of the molecule is CC(C)C1CCN(CCBr)CC1. The zero-order valence-corrected chi connectivity index (χ0v) is 9.81. The number of hydrogen-bond donors (Lipinski definition) is 0. The van der Waals surface area contributed by atoms with Crippen LogP contribution in [0.2, 0.25) is 0 Å². The van der Waals surface area contributed by atoms with Gasteiger partial charge in [-0.2, -0.15) is 0 Å². The van der Waals surface area contributed by atoms with Crippen molar-refractivity contribution in [3.05, 3.63) is 0 Å². The van der Waals surface area contributed by atoms with Gasteiger partial charge in [0.25, 0.3) is 0 Å². The van der Waals surface area contributed by atoms with E-state index in [1.165, 1.54) is 32.5 Å². The second-order valence-electron chi connectivity index (χ2n) is 4.11. The first-order chi connectivity index (χ1) is 5.74. The monoisotopic (exact) mass is 233 g/mol. The molecule has 1 rings (SSSR count). The lowest BCUT2D eigenvalue weighted by atomic mass is 9.87. The van der Waals surface area contributed by atoms with Gasteiger partial charge in [0, 0.05) is 11.9 Å². The third kappa shape index (κ3) is 3.06. The molecule has 0 aromatic rings. The van der Waals surface area contributed by atoms with Gasteiger partial charge in [0.05, 0.1) is 0 Å². The van der Waals surface area contributed by atoms with E-state index in [4.69, 9.17) is 0 Å². The van der Waals surface area contributed by atoms with Crippen LogP contribution in [0, 0.1) is 11.8 Å². The van der Waals surface area contributed by atoms with Crippen molar-refractivity contribution < 1.29 is 0 Å². The third-order valence-corrected chi connectivity index (χ3v) is 3.33. The van der Waals surface area contributed by atoms with E-state index in [9.17, 15) is 0 Å².